The summed E-state index contributed by atoms with van der Waals surface area (Å²) in [5.41, 5.74) is 1.57. The highest BCUT2D eigenvalue weighted by Crippen LogP contribution is 2.19. The molecule has 1 saturated heterocycles. The monoisotopic (exact) mass is 483 g/mol. The van der Waals surface area contributed by atoms with Crippen LogP contribution < -0.4 is 16.2 Å². The Morgan fingerprint density at radius 2 is 1.42 bits per heavy atom. The molecule has 1 aliphatic rings. The Morgan fingerprint density at radius 1 is 0.806 bits per heavy atom. The molecule has 9 heteroatoms. The third kappa shape index (κ3) is 5.17. The van der Waals surface area contributed by atoms with Gasteiger partial charge in [-0.15, -0.1) is 0 Å². The first-order valence-electron chi connectivity index (χ1n) is 11.7. The van der Waals surface area contributed by atoms with Gasteiger partial charge in [-0.2, -0.15) is 9.78 Å². The molecule has 9 nitrogen and oxygen atoms in total. The number of aromatic nitrogens is 2. The Morgan fingerprint density at radius 3 is 2.11 bits per heavy atom. The molecule has 0 saturated carbocycles. The first-order valence-corrected chi connectivity index (χ1v) is 11.7. The summed E-state index contributed by atoms with van der Waals surface area (Å²) in [4.78, 5) is 40.6. The number of nitrogens with one attached hydrogen (secondary N) is 2. The number of morpholine rings is 1. The molecule has 0 unspecified atom stereocenters. The van der Waals surface area contributed by atoms with Gasteiger partial charge in [-0.05, 0) is 42.5 Å². The Hall–Kier alpha value is -4.34. The highest BCUT2D eigenvalue weighted by Gasteiger charge is 2.18. The molecule has 2 heterocycles. The van der Waals surface area contributed by atoms with E-state index in [9.17, 15) is 14.4 Å². The highest BCUT2D eigenvalue weighted by molar-refractivity contribution is 6.11. The lowest BCUT2D eigenvalue weighted by Gasteiger charge is -2.25. The number of rotatable bonds is 6. The van der Waals surface area contributed by atoms with E-state index in [1.54, 1.807) is 72.8 Å². The van der Waals surface area contributed by atoms with Crippen molar-refractivity contribution in [1.29, 1.82) is 0 Å². The number of ether oxygens (including phenoxy) is 1. The van der Waals surface area contributed by atoms with Crippen LogP contribution in [-0.4, -0.2) is 59.3 Å². The van der Waals surface area contributed by atoms with Crippen LogP contribution in [0.3, 0.4) is 0 Å². The SMILES string of the molecule is O=C(CN1CCOCC1)Nc1ccc(NC(=O)c2nn(-c3ccccc3)c(=O)c3ccccc23)cc1. The molecule has 0 aliphatic carbocycles. The lowest BCUT2D eigenvalue weighted by atomic mass is 10.1. The maximum Gasteiger partial charge on any atom is 0.279 e. The van der Waals surface area contributed by atoms with Gasteiger partial charge in [-0.3, -0.25) is 19.3 Å². The molecule has 2 N–H and O–H groups in total. The van der Waals surface area contributed by atoms with Gasteiger partial charge < -0.3 is 15.4 Å². The van der Waals surface area contributed by atoms with E-state index in [0.717, 1.165) is 13.1 Å². The minimum atomic E-state index is -0.444. The van der Waals surface area contributed by atoms with Crippen molar-refractivity contribution < 1.29 is 14.3 Å². The second-order valence-corrected chi connectivity index (χ2v) is 8.41. The maximum atomic E-state index is 13.2. The molecule has 2 amide bonds. The Labute approximate surface area is 207 Å². The van der Waals surface area contributed by atoms with Gasteiger partial charge in [0.1, 0.15) is 0 Å². The van der Waals surface area contributed by atoms with E-state index in [-0.39, 0.29) is 17.2 Å². The number of fused-ring (bicyclic) bond motifs is 1. The summed E-state index contributed by atoms with van der Waals surface area (Å²) in [6, 6.07) is 22.8. The van der Waals surface area contributed by atoms with E-state index in [4.69, 9.17) is 4.74 Å². The Bertz CT molecular complexity index is 1450. The first kappa shape index (κ1) is 23.4. The van der Waals surface area contributed by atoms with Crippen molar-refractivity contribution in [1.82, 2.24) is 14.7 Å². The molecule has 3 aromatic carbocycles. The van der Waals surface area contributed by atoms with Gasteiger partial charge in [0.15, 0.2) is 5.69 Å². The highest BCUT2D eigenvalue weighted by atomic mass is 16.5. The molecular weight excluding hydrogens is 458 g/mol. The maximum absolute atomic E-state index is 13.2. The van der Waals surface area contributed by atoms with Crippen LogP contribution in [0.1, 0.15) is 10.5 Å². The number of hydrogen-bond donors (Lipinski definition) is 2. The number of hydrogen-bond acceptors (Lipinski definition) is 6. The minimum Gasteiger partial charge on any atom is -0.379 e. The predicted molar refractivity (Wildman–Crippen MR) is 138 cm³/mol. The van der Waals surface area contributed by atoms with E-state index in [2.05, 4.69) is 15.7 Å². The quantitative estimate of drug-likeness (QED) is 0.437. The average molecular weight is 484 g/mol. The fourth-order valence-corrected chi connectivity index (χ4v) is 4.09. The summed E-state index contributed by atoms with van der Waals surface area (Å²) < 4.78 is 6.55. The van der Waals surface area contributed by atoms with Gasteiger partial charge >= 0.3 is 0 Å². The molecule has 182 valence electrons. The van der Waals surface area contributed by atoms with Gasteiger partial charge in [0.05, 0.1) is 30.8 Å². The van der Waals surface area contributed by atoms with E-state index in [1.807, 2.05) is 11.0 Å². The van der Waals surface area contributed by atoms with Crippen molar-refractivity contribution in [3.05, 3.63) is 94.9 Å². The van der Waals surface area contributed by atoms with Crippen LogP contribution in [0.15, 0.2) is 83.7 Å². The number of amides is 2. The largest absolute Gasteiger partial charge is 0.379 e. The summed E-state index contributed by atoms with van der Waals surface area (Å²) in [6.07, 6.45) is 0. The molecular formula is C27H25N5O4. The van der Waals surface area contributed by atoms with E-state index < -0.39 is 5.91 Å². The second kappa shape index (κ2) is 10.5. The van der Waals surface area contributed by atoms with Crippen molar-refractivity contribution in [3.63, 3.8) is 0 Å². The lowest BCUT2D eigenvalue weighted by molar-refractivity contribution is -0.118. The van der Waals surface area contributed by atoms with Gasteiger partial charge in [-0.25, -0.2) is 0 Å². The number of carbonyl (C=O) groups is 2. The van der Waals surface area contributed by atoms with Crippen molar-refractivity contribution in [2.75, 3.05) is 43.5 Å². The fraction of sp³-hybridized carbons (Fsp3) is 0.185. The van der Waals surface area contributed by atoms with Gasteiger partial charge in [0, 0.05) is 29.9 Å². The van der Waals surface area contributed by atoms with E-state index >= 15 is 0 Å². The van der Waals surface area contributed by atoms with Crippen molar-refractivity contribution in [2.24, 2.45) is 0 Å². The van der Waals surface area contributed by atoms with Crippen molar-refractivity contribution in [2.45, 2.75) is 0 Å². The minimum absolute atomic E-state index is 0.104. The summed E-state index contributed by atoms with van der Waals surface area (Å²) in [5, 5.41) is 11.0. The number of benzene rings is 3. The molecule has 1 fully saturated rings. The normalized spacial score (nSPS) is 13.9. The Kier molecular flexibility index (Phi) is 6.83. The molecule has 4 aromatic rings. The summed E-state index contributed by atoms with van der Waals surface area (Å²) in [5.74, 6) is -0.549. The second-order valence-electron chi connectivity index (χ2n) is 8.41. The van der Waals surface area contributed by atoms with Crippen LogP contribution in [-0.2, 0) is 9.53 Å². The van der Waals surface area contributed by atoms with Crippen LogP contribution in [0.2, 0.25) is 0 Å². The predicted octanol–water partition coefficient (Wildman–Crippen LogP) is 2.91. The number of anilines is 2. The Balaban J connectivity index is 1.34. The first-order chi connectivity index (χ1) is 17.6. The zero-order chi connectivity index (χ0) is 24.9. The molecule has 36 heavy (non-hydrogen) atoms. The summed E-state index contributed by atoms with van der Waals surface area (Å²) >= 11 is 0. The van der Waals surface area contributed by atoms with Gasteiger partial charge in [0.25, 0.3) is 11.5 Å². The number of para-hydroxylation sites is 1. The zero-order valence-corrected chi connectivity index (χ0v) is 19.5. The molecule has 0 spiro atoms. The van der Waals surface area contributed by atoms with Crippen LogP contribution in [0.4, 0.5) is 11.4 Å². The molecule has 1 aliphatic heterocycles. The molecule has 1 aromatic heterocycles. The molecule has 0 radical (unpaired) electrons. The van der Waals surface area contributed by atoms with Gasteiger partial charge in [0.2, 0.25) is 5.91 Å². The van der Waals surface area contributed by atoms with E-state index in [1.165, 1.54) is 4.68 Å². The topological polar surface area (TPSA) is 106 Å². The van der Waals surface area contributed by atoms with Gasteiger partial charge in [-0.1, -0.05) is 36.4 Å². The summed E-state index contributed by atoms with van der Waals surface area (Å²) in [7, 11) is 0. The molecule has 0 bridgehead atoms. The van der Waals surface area contributed by atoms with Crippen LogP contribution >= 0.6 is 0 Å². The number of carbonyl (C=O) groups excluding carboxylic acids is 2. The third-order valence-corrected chi connectivity index (χ3v) is 5.92. The zero-order valence-electron chi connectivity index (χ0n) is 19.5. The van der Waals surface area contributed by atoms with Crippen LogP contribution in [0, 0.1) is 0 Å². The average Bonchev–Trinajstić information content (AvgIpc) is 2.91. The van der Waals surface area contributed by atoms with E-state index in [0.29, 0.717) is 47.6 Å². The van der Waals surface area contributed by atoms with Crippen LogP contribution in [0.25, 0.3) is 16.5 Å². The smallest absolute Gasteiger partial charge is 0.279 e. The molecule has 0 atom stereocenters. The lowest BCUT2D eigenvalue weighted by Crippen LogP contribution is -2.41. The standard InChI is InChI=1S/C27H25N5O4/c33-24(18-31-14-16-36-17-15-31)28-19-10-12-20(13-11-19)29-26(34)25-22-8-4-5-9-23(22)27(35)32(30-25)21-6-2-1-3-7-21/h1-13H,14-18H2,(H,28,33)(H,29,34). The van der Waals surface area contributed by atoms with Crippen LogP contribution in [0.5, 0.6) is 0 Å². The molecule has 5 rings (SSSR count). The number of nitrogens with zero attached hydrogens (tertiary/aromatic N) is 3. The van der Waals surface area contributed by atoms with Crippen molar-refractivity contribution in [3.8, 4) is 5.69 Å². The fourth-order valence-electron chi connectivity index (χ4n) is 4.09. The summed E-state index contributed by atoms with van der Waals surface area (Å²) in [6.45, 7) is 3.04. The van der Waals surface area contributed by atoms with Crippen molar-refractivity contribution >= 4 is 34.0 Å². The third-order valence-electron chi connectivity index (χ3n) is 5.92.